The van der Waals surface area contributed by atoms with E-state index in [-0.39, 0.29) is 12.4 Å². The molecule has 1 saturated heterocycles. The van der Waals surface area contributed by atoms with Crippen molar-refractivity contribution in [2.24, 2.45) is 0 Å². The van der Waals surface area contributed by atoms with E-state index in [0.29, 0.717) is 13.0 Å². The predicted molar refractivity (Wildman–Crippen MR) is 30.8 cm³/mol. The van der Waals surface area contributed by atoms with Gasteiger partial charge in [-0.1, -0.05) is 0 Å². The standard InChI is InChI=1S/C6H10O3/c7-5-2-1-3-9-6(8)4-5/h5,7H,1-4H2/t5-/m1/s1. The number of carbonyl (C=O) groups is 1. The van der Waals surface area contributed by atoms with Crippen LogP contribution in [0.5, 0.6) is 0 Å². The van der Waals surface area contributed by atoms with E-state index in [1.807, 2.05) is 0 Å². The molecule has 3 nitrogen and oxygen atoms in total. The number of hydrogen-bond donors (Lipinski definition) is 1. The monoisotopic (exact) mass is 130 g/mol. The Morgan fingerprint density at radius 3 is 3.22 bits per heavy atom. The van der Waals surface area contributed by atoms with Crippen molar-refractivity contribution >= 4 is 5.97 Å². The summed E-state index contributed by atoms with van der Waals surface area (Å²) in [5.41, 5.74) is 0. The number of aliphatic hydroxyl groups excluding tert-OH is 1. The molecule has 1 atom stereocenters. The molecule has 0 radical (unpaired) electrons. The molecule has 52 valence electrons. The van der Waals surface area contributed by atoms with Crippen LogP contribution in [-0.2, 0) is 9.53 Å². The summed E-state index contributed by atoms with van der Waals surface area (Å²) in [6.07, 6.45) is 1.17. The Labute approximate surface area is 53.6 Å². The number of hydrogen-bond acceptors (Lipinski definition) is 3. The maximum Gasteiger partial charge on any atom is 0.308 e. The van der Waals surface area contributed by atoms with Gasteiger partial charge in [-0.3, -0.25) is 4.79 Å². The molecule has 3 heteroatoms. The topological polar surface area (TPSA) is 46.5 Å². The van der Waals surface area contributed by atoms with E-state index in [1.165, 1.54) is 0 Å². The highest BCUT2D eigenvalue weighted by molar-refractivity contribution is 5.70. The second kappa shape index (κ2) is 2.82. The molecule has 0 aromatic heterocycles. The number of ether oxygens (including phenoxy) is 1. The van der Waals surface area contributed by atoms with Gasteiger partial charge in [0.1, 0.15) is 0 Å². The molecule has 1 rings (SSSR count). The van der Waals surface area contributed by atoms with Crippen molar-refractivity contribution < 1.29 is 14.6 Å². The van der Waals surface area contributed by atoms with Crippen LogP contribution >= 0.6 is 0 Å². The summed E-state index contributed by atoms with van der Waals surface area (Å²) in [4.78, 5) is 10.5. The van der Waals surface area contributed by atoms with Gasteiger partial charge in [0, 0.05) is 0 Å². The zero-order valence-corrected chi connectivity index (χ0v) is 5.17. The molecule has 0 aromatic rings. The summed E-state index contributed by atoms with van der Waals surface area (Å²) in [6, 6.07) is 0. The van der Waals surface area contributed by atoms with Gasteiger partial charge in [0.15, 0.2) is 0 Å². The summed E-state index contributed by atoms with van der Waals surface area (Å²) in [5.74, 6) is -0.278. The van der Waals surface area contributed by atoms with Crippen LogP contribution in [0.3, 0.4) is 0 Å². The van der Waals surface area contributed by atoms with Crippen LogP contribution in [0, 0.1) is 0 Å². The van der Waals surface area contributed by atoms with Crippen molar-refractivity contribution in [3.8, 4) is 0 Å². The third-order valence-corrected chi connectivity index (χ3v) is 1.35. The zero-order chi connectivity index (χ0) is 6.69. The molecular formula is C6H10O3. The second-order valence-electron chi connectivity index (χ2n) is 2.22. The van der Waals surface area contributed by atoms with E-state index in [9.17, 15) is 4.79 Å². The molecule has 0 aliphatic carbocycles. The minimum absolute atomic E-state index is 0.167. The Balaban J connectivity index is 2.37. The third-order valence-electron chi connectivity index (χ3n) is 1.35. The van der Waals surface area contributed by atoms with Crippen molar-refractivity contribution in [1.82, 2.24) is 0 Å². The lowest BCUT2D eigenvalue weighted by atomic mass is 10.2. The first kappa shape index (κ1) is 6.55. The quantitative estimate of drug-likeness (QED) is 0.472. The van der Waals surface area contributed by atoms with Gasteiger partial charge in [-0.2, -0.15) is 0 Å². The summed E-state index contributed by atoms with van der Waals surface area (Å²) >= 11 is 0. The highest BCUT2D eigenvalue weighted by atomic mass is 16.5. The Morgan fingerprint density at radius 1 is 1.67 bits per heavy atom. The SMILES string of the molecule is O=C1C[C@H](O)CCCO1. The molecule has 0 spiro atoms. The lowest BCUT2D eigenvalue weighted by molar-refractivity contribution is -0.143. The molecule has 1 N–H and O–H groups in total. The van der Waals surface area contributed by atoms with Crippen LogP contribution in [0.1, 0.15) is 19.3 Å². The molecule has 0 bridgehead atoms. The smallest absolute Gasteiger partial charge is 0.308 e. The number of carbonyl (C=O) groups excluding carboxylic acids is 1. The summed E-state index contributed by atoms with van der Waals surface area (Å²) in [5, 5.41) is 8.96. The van der Waals surface area contributed by atoms with Gasteiger partial charge >= 0.3 is 5.97 Å². The number of aliphatic hydroxyl groups is 1. The molecule has 1 aliphatic rings. The fourth-order valence-electron chi connectivity index (χ4n) is 0.858. The van der Waals surface area contributed by atoms with Crippen molar-refractivity contribution in [2.45, 2.75) is 25.4 Å². The van der Waals surface area contributed by atoms with Gasteiger partial charge < -0.3 is 9.84 Å². The van der Waals surface area contributed by atoms with Gasteiger partial charge in [-0.25, -0.2) is 0 Å². The zero-order valence-electron chi connectivity index (χ0n) is 5.17. The van der Waals surface area contributed by atoms with Crippen LogP contribution in [-0.4, -0.2) is 23.8 Å². The van der Waals surface area contributed by atoms with E-state index in [4.69, 9.17) is 5.11 Å². The largest absolute Gasteiger partial charge is 0.466 e. The number of rotatable bonds is 0. The summed E-state index contributed by atoms with van der Waals surface area (Å²) in [7, 11) is 0. The van der Waals surface area contributed by atoms with E-state index in [0.717, 1.165) is 6.42 Å². The molecule has 0 saturated carbocycles. The molecule has 9 heavy (non-hydrogen) atoms. The highest BCUT2D eigenvalue weighted by Gasteiger charge is 2.15. The highest BCUT2D eigenvalue weighted by Crippen LogP contribution is 2.07. The van der Waals surface area contributed by atoms with Crippen LogP contribution in [0.15, 0.2) is 0 Å². The fourth-order valence-corrected chi connectivity index (χ4v) is 0.858. The molecular weight excluding hydrogens is 120 g/mol. The molecule has 0 unspecified atom stereocenters. The normalized spacial score (nSPS) is 29.0. The van der Waals surface area contributed by atoms with Gasteiger partial charge in [-0.15, -0.1) is 0 Å². The molecule has 1 fully saturated rings. The van der Waals surface area contributed by atoms with E-state index in [2.05, 4.69) is 4.74 Å². The van der Waals surface area contributed by atoms with E-state index in [1.54, 1.807) is 0 Å². The maximum atomic E-state index is 10.5. The van der Waals surface area contributed by atoms with Gasteiger partial charge in [0.25, 0.3) is 0 Å². The third kappa shape index (κ3) is 2.01. The Hall–Kier alpha value is -0.570. The second-order valence-corrected chi connectivity index (χ2v) is 2.22. The lowest BCUT2D eigenvalue weighted by Gasteiger charge is -1.99. The predicted octanol–water partition coefficient (Wildman–Crippen LogP) is 0.0744. The number of esters is 1. The summed E-state index contributed by atoms with van der Waals surface area (Å²) < 4.78 is 4.67. The maximum absolute atomic E-state index is 10.5. The van der Waals surface area contributed by atoms with Gasteiger partial charge in [0.05, 0.1) is 19.1 Å². The van der Waals surface area contributed by atoms with Gasteiger partial charge in [-0.05, 0) is 12.8 Å². The van der Waals surface area contributed by atoms with Crippen LogP contribution < -0.4 is 0 Å². The summed E-state index contributed by atoms with van der Waals surface area (Å²) in [6.45, 7) is 0.468. The average Bonchev–Trinajstić information content (AvgIpc) is 1.93. The van der Waals surface area contributed by atoms with Gasteiger partial charge in [0.2, 0.25) is 0 Å². The van der Waals surface area contributed by atoms with E-state index >= 15 is 0 Å². The average molecular weight is 130 g/mol. The minimum Gasteiger partial charge on any atom is -0.466 e. The number of cyclic esters (lactones) is 1. The van der Waals surface area contributed by atoms with E-state index < -0.39 is 6.10 Å². The first-order valence-electron chi connectivity index (χ1n) is 3.13. The fraction of sp³-hybridized carbons (Fsp3) is 0.833. The van der Waals surface area contributed by atoms with Crippen molar-refractivity contribution in [1.29, 1.82) is 0 Å². The Morgan fingerprint density at radius 2 is 2.44 bits per heavy atom. The lowest BCUT2D eigenvalue weighted by Crippen LogP contribution is -2.10. The first-order valence-corrected chi connectivity index (χ1v) is 3.13. The molecule has 1 aliphatic heterocycles. The Bertz CT molecular complexity index is 111. The van der Waals surface area contributed by atoms with Crippen molar-refractivity contribution in [3.05, 3.63) is 0 Å². The molecule has 0 aromatic carbocycles. The minimum atomic E-state index is -0.472. The molecule has 0 amide bonds. The molecule has 1 heterocycles. The van der Waals surface area contributed by atoms with Crippen LogP contribution in [0.25, 0.3) is 0 Å². The van der Waals surface area contributed by atoms with Crippen LogP contribution in [0.4, 0.5) is 0 Å². The first-order chi connectivity index (χ1) is 4.29. The van der Waals surface area contributed by atoms with Crippen LogP contribution in [0.2, 0.25) is 0 Å². The Kier molecular flexibility index (Phi) is 2.05. The van der Waals surface area contributed by atoms with Crippen molar-refractivity contribution in [3.63, 3.8) is 0 Å². The van der Waals surface area contributed by atoms with Crippen molar-refractivity contribution in [2.75, 3.05) is 6.61 Å².